The SMILES string of the molecule is OB(O)C1=COOC=C1. The Morgan fingerprint density at radius 3 is 2.44 bits per heavy atom. The van der Waals surface area contributed by atoms with Gasteiger partial charge in [-0.3, -0.25) is 9.78 Å². The first-order valence-electron chi connectivity index (χ1n) is 2.35. The van der Waals surface area contributed by atoms with E-state index in [2.05, 4.69) is 9.78 Å². The van der Waals surface area contributed by atoms with Gasteiger partial charge in [-0.25, -0.2) is 0 Å². The van der Waals surface area contributed by atoms with Gasteiger partial charge >= 0.3 is 7.12 Å². The Kier molecular flexibility index (Phi) is 1.76. The number of hydrogen-bond donors (Lipinski definition) is 2. The summed E-state index contributed by atoms with van der Waals surface area (Å²) in [5.41, 5.74) is 0.265. The molecule has 9 heavy (non-hydrogen) atoms. The van der Waals surface area contributed by atoms with Crippen LogP contribution in [0.2, 0.25) is 0 Å². The maximum atomic E-state index is 8.48. The highest BCUT2D eigenvalue weighted by molar-refractivity contribution is 6.51. The highest BCUT2D eigenvalue weighted by Gasteiger charge is 2.14. The zero-order chi connectivity index (χ0) is 6.69. The van der Waals surface area contributed by atoms with Crippen molar-refractivity contribution in [2.45, 2.75) is 0 Å². The standard InChI is InChI=1S/C4H5BO4/c6-5(7)4-1-2-8-9-3-4/h1-3,6-7H. The largest absolute Gasteiger partial charge is 0.491 e. The van der Waals surface area contributed by atoms with E-state index < -0.39 is 7.12 Å². The molecular formula is C4H5BO4. The molecule has 1 rings (SSSR count). The Bertz CT molecular complexity index is 151. The van der Waals surface area contributed by atoms with Gasteiger partial charge in [0.05, 0.1) is 0 Å². The maximum absolute atomic E-state index is 8.48. The van der Waals surface area contributed by atoms with Crippen LogP contribution >= 0.6 is 0 Å². The monoisotopic (exact) mass is 128 g/mol. The van der Waals surface area contributed by atoms with Gasteiger partial charge in [0.1, 0.15) is 12.5 Å². The summed E-state index contributed by atoms with van der Waals surface area (Å²) in [6.07, 6.45) is 3.73. The fraction of sp³-hybridized carbons (Fsp3) is 0. The van der Waals surface area contributed by atoms with E-state index in [1.807, 2.05) is 0 Å². The second-order valence-corrected chi connectivity index (χ2v) is 1.49. The van der Waals surface area contributed by atoms with Crippen molar-refractivity contribution < 1.29 is 19.8 Å². The minimum Gasteiger partial charge on any atom is -0.423 e. The molecule has 5 heteroatoms. The Hall–Kier alpha value is -0.935. The molecule has 0 radical (unpaired) electrons. The fourth-order valence-electron chi connectivity index (χ4n) is 0.408. The van der Waals surface area contributed by atoms with Crippen molar-refractivity contribution in [1.82, 2.24) is 0 Å². The van der Waals surface area contributed by atoms with Gasteiger partial charge in [0.2, 0.25) is 0 Å². The van der Waals surface area contributed by atoms with Crippen molar-refractivity contribution in [3.63, 3.8) is 0 Å². The van der Waals surface area contributed by atoms with Crippen LogP contribution in [0.1, 0.15) is 0 Å². The van der Waals surface area contributed by atoms with Crippen LogP contribution in [0, 0.1) is 0 Å². The van der Waals surface area contributed by atoms with Gasteiger partial charge < -0.3 is 10.0 Å². The Labute approximate surface area is 52.1 Å². The third kappa shape index (κ3) is 1.48. The first-order chi connectivity index (χ1) is 4.30. The van der Waals surface area contributed by atoms with Gasteiger partial charge in [0.15, 0.2) is 0 Å². The highest BCUT2D eigenvalue weighted by Crippen LogP contribution is 2.04. The van der Waals surface area contributed by atoms with Crippen LogP contribution in [0.4, 0.5) is 0 Å². The molecule has 0 aromatic heterocycles. The minimum atomic E-state index is -1.50. The zero-order valence-corrected chi connectivity index (χ0v) is 4.52. The lowest BCUT2D eigenvalue weighted by molar-refractivity contribution is -0.199. The zero-order valence-electron chi connectivity index (χ0n) is 4.52. The van der Waals surface area contributed by atoms with Crippen LogP contribution in [0.5, 0.6) is 0 Å². The molecule has 2 N–H and O–H groups in total. The molecule has 48 valence electrons. The van der Waals surface area contributed by atoms with Gasteiger partial charge in [-0.1, -0.05) is 0 Å². The van der Waals surface area contributed by atoms with Crippen molar-refractivity contribution in [3.05, 3.63) is 24.1 Å². The molecule has 0 aromatic rings. The summed E-state index contributed by atoms with van der Waals surface area (Å²) >= 11 is 0. The summed E-state index contributed by atoms with van der Waals surface area (Å²) < 4.78 is 0. The van der Waals surface area contributed by atoms with Crippen molar-refractivity contribution in [1.29, 1.82) is 0 Å². The van der Waals surface area contributed by atoms with E-state index in [0.717, 1.165) is 6.26 Å². The molecule has 0 fully saturated rings. The fourth-order valence-corrected chi connectivity index (χ4v) is 0.408. The van der Waals surface area contributed by atoms with Crippen LogP contribution in [-0.2, 0) is 9.78 Å². The summed E-state index contributed by atoms with van der Waals surface area (Å²) in [6.45, 7) is 0. The predicted molar refractivity (Wildman–Crippen MR) is 29.6 cm³/mol. The van der Waals surface area contributed by atoms with E-state index in [-0.39, 0.29) is 5.47 Å². The molecule has 0 aromatic carbocycles. The van der Waals surface area contributed by atoms with E-state index in [1.165, 1.54) is 12.3 Å². The number of hydrogen-bond acceptors (Lipinski definition) is 4. The Morgan fingerprint density at radius 2 is 2.11 bits per heavy atom. The van der Waals surface area contributed by atoms with Gasteiger partial charge in [0.25, 0.3) is 0 Å². The molecule has 0 amide bonds. The van der Waals surface area contributed by atoms with Crippen molar-refractivity contribution >= 4 is 7.12 Å². The molecule has 0 unspecified atom stereocenters. The Morgan fingerprint density at radius 1 is 1.33 bits per heavy atom. The summed E-state index contributed by atoms with van der Waals surface area (Å²) in [5, 5.41) is 17.0. The molecule has 1 heterocycles. The van der Waals surface area contributed by atoms with E-state index in [1.54, 1.807) is 0 Å². The van der Waals surface area contributed by atoms with E-state index in [0.29, 0.717) is 0 Å². The topological polar surface area (TPSA) is 58.9 Å². The number of allylic oxidation sites excluding steroid dienone is 2. The van der Waals surface area contributed by atoms with Crippen LogP contribution in [0.15, 0.2) is 24.1 Å². The summed E-state index contributed by atoms with van der Waals surface area (Å²) in [7, 11) is -1.50. The van der Waals surface area contributed by atoms with E-state index in [4.69, 9.17) is 10.0 Å². The molecule has 1 aliphatic heterocycles. The molecule has 4 nitrogen and oxygen atoms in total. The lowest BCUT2D eigenvalue weighted by Gasteiger charge is -2.04. The third-order valence-corrected chi connectivity index (χ3v) is 0.854. The second kappa shape index (κ2) is 2.57. The third-order valence-electron chi connectivity index (χ3n) is 0.854. The first kappa shape index (κ1) is 6.19. The molecule has 0 atom stereocenters. The summed E-state index contributed by atoms with van der Waals surface area (Å²) in [5.74, 6) is 0. The average molecular weight is 128 g/mol. The highest BCUT2D eigenvalue weighted by atomic mass is 17.2. The number of rotatable bonds is 1. The van der Waals surface area contributed by atoms with Crippen LogP contribution < -0.4 is 0 Å². The van der Waals surface area contributed by atoms with Gasteiger partial charge in [-0.2, -0.15) is 0 Å². The average Bonchev–Trinajstić information content (AvgIpc) is 1.90. The Balaban J connectivity index is 2.58. The molecule has 1 aliphatic rings. The van der Waals surface area contributed by atoms with Crippen LogP contribution in [-0.4, -0.2) is 17.2 Å². The lowest BCUT2D eigenvalue weighted by atomic mass is 9.80. The molecule has 0 bridgehead atoms. The van der Waals surface area contributed by atoms with Gasteiger partial charge in [0, 0.05) is 5.47 Å². The summed E-state index contributed by atoms with van der Waals surface area (Å²) in [6, 6.07) is 0. The van der Waals surface area contributed by atoms with Crippen LogP contribution in [0.25, 0.3) is 0 Å². The minimum absolute atomic E-state index is 0.265. The molecular weight excluding hydrogens is 123 g/mol. The van der Waals surface area contributed by atoms with Gasteiger partial charge in [-0.05, 0) is 6.08 Å². The van der Waals surface area contributed by atoms with E-state index >= 15 is 0 Å². The second-order valence-electron chi connectivity index (χ2n) is 1.49. The molecule has 0 aliphatic carbocycles. The normalized spacial score (nSPS) is 15.6. The molecule has 0 spiro atoms. The lowest BCUT2D eigenvalue weighted by Crippen LogP contribution is -2.15. The van der Waals surface area contributed by atoms with Crippen LogP contribution in [0.3, 0.4) is 0 Å². The smallest absolute Gasteiger partial charge is 0.423 e. The van der Waals surface area contributed by atoms with Crippen molar-refractivity contribution in [2.75, 3.05) is 0 Å². The van der Waals surface area contributed by atoms with Crippen molar-refractivity contribution in [2.24, 2.45) is 0 Å². The first-order valence-corrected chi connectivity index (χ1v) is 2.35. The van der Waals surface area contributed by atoms with E-state index in [9.17, 15) is 0 Å². The molecule has 0 saturated carbocycles. The van der Waals surface area contributed by atoms with Crippen molar-refractivity contribution in [3.8, 4) is 0 Å². The quantitative estimate of drug-likeness (QED) is 0.364. The van der Waals surface area contributed by atoms with Gasteiger partial charge in [-0.15, -0.1) is 0 Å². The summed E-state index contributed by atoms with van der Waals surface area (Å²) in [4.78, 5) is 8.55. The maximum Gasteiger partial charge on any atom is 0.491 e. The predicted octanol–water partition coefficient (Wildman–Crippen LogP) is -0.642. The molecule has 0 saturated heterocycles.